The minimum absolute atomic E-state index is 0.249. The van der Waals surface area contributed by atoms with Crippen LogP contribution in [0.3, 0.4) is 0 Å². The number of hydrogen-bond donors (Lipinski definition) is 3. The van der Waals surface area contributed by atoms with Crippen LogP contribution in [0.5, 0.6) is 5.75 Å². The van der Waals surface area contributed by atoms with Gasteiger partial charge in [-0.2, -0.15) is 5.09 Å². The third-order valence-corrected chi connectivity index (χ3v) is 9.07. The van der Waals surface area contributed by atoms with Gasteiger partial charge in [0.25, 0.3) is 5.56 Å². The minimum atomic E-state index is -4.31. The normalized spacial score (nSPS) is 24.7. The molecule has 1 aromatic carbocycles. The Morgan fingerprint density at radius 3 is 2.62 bits per heavy atom. The van der Waals surface area contributed by atoms with Crippen molar-refractivity contribution in [2.24, 2.45) is 0 Å². The molecule has 1 aromatic heterocycles. The number of nitrogens with zero attached hydrogens (tertiary/aromatic N) is 1. The summed E-state index contributed by atoms with van der Waals surface area (Å²) in [5, 5.41) is 13.4. The number of esters is 1. The van der Waals surface area contributed by atoms with Crippen LogP contribution in [-0.2, 0) is 23.4 Å². The Bertz CT molecular complexity index is 1380. The molecule has 15 heteroatoms. The van der Waals surface area contributed by atoms with Crippen molar-refractivity contribution >= 4 is 36.9 Å². The molecular formula is C25H32Cl2N3O9P. The molecular weight excluding hydrogens is 588 g/mol. The first-order valence-corrected chi connectivity index (χ1v) is 15.1. The molecule has 0 spiro atoms. The quantitative estimate of drug-likeness (QED) is 0.193. The van der Waals surface area contributed by atoms with Gasteiger partial charge in [0.05, 0.1) is 12.7 Å². The molecule has 0 radical (unpaired) electrons. The molecule has 5 atom stereocenters. The smallest absolute Gasteiger partial charge is 0.459 e. The highest BCUT2D eigenvalue weighted by molar-refractivity contribution is 7.52. The molecule has 220 valence electrons. The summed E-state index contributed by atoms with van der Waals surface area (Å²) in [4.78, 5) is 38.3. The maximum atomic E-state index is 14.0. The van der Waals surface area contributed by atoms with E-state index in [-0.39, 0.29) is 5.75 Å². The number of aliphatic hydroxyl groups is 1. The molecule has 1 aliphatic carbocycles. The van der Waals surface area contributed by atoms with E-state index in [1.165, 1.54) is 6.92 Å². The van der Waals surface area contributed by atoms with Crippen molar-refractivity contribution in [1.82, 2.24) is 14.6 Å². The lowest BCUT2D eigenvalue weighted by molar-refractivity contribution is -0.149. The van der Waals surface area contributed by atoms with Crippen LogP contribution in [0.1, 0.15) is 57.7 Å². The van der Waals surface area contributed by atoms with Crippen molar-refractivity contribution in [3.05, 3.63) is 62.9 Å². The van der Waals surface area contributed by atoms with Crippen molar-refractivity contribution in [1.29, 1.82) is 0 Å². The number of aromatic nitrogens is 2. The van der Waals surface area contributed by atoms with Gasteiger partial charge in [-0.05, 0) is 57.2 Å². The van der Waals surface area contributed by atoms with Crippen LogP contribution in [0.25, 0.3) is 0 Å². The van der Waals surface area contributed by atoms with E-state index in [9.17, 15) is 24.1 Å². The second-order valence-electron chi connectivity index (χ2n) is 10.1. The summed E-state index contributed by atoms with van der Waals surface area (Å²) in [6, 6.07) is 7.08. The van der Waals surface area contributed by atoms with Gasteiger partial charge < -0.3 is 19.1 Å². The Kier molecular flexibility index (Phi) is 9.51. The summed E-state index contributed by atoms with van der Waals surface area (Å²) < 4.78 is 35.2. The van der Waals surface area contributed by atoms with Gasteiger partial charge in [0.15, 0.2) is 10.6 Å². The lowest BCUT2D eigenvalue weighted by atomic mass is 9.80. The summed E-state index contributed by atoms with van der Waals surface area (Å²) in [5.74, 6) is -0.0484. The summed E-state index contributed by atoms with van der Waals surface area (Å²) in [6.45, 7) is 4.24. The molecule has 12 nitrogen and oxygen atoms in total. The third-order valence-electron chi connectivity index (χ3n) is 6.61. The summed E-state index contributed by atoms with van der Waals surface area (Å²) in [6.07, 6.45) is -0.383. The number of carbonyl (C=O) groups is 1. The zero-order chi connectivity index (χ0) is 29.2. The van der Waals surface area contributed by atoms with Crippen LogP contribution in [0.15, 0.2) is 46.1 Å². The molecule has 0 bridgehead atoms. The van der Waals surface area contributed by atoms with Crippen molar-refractivity contribution in [2.45, 2.75) is 80.9 Å². The summed E-state index contributed by atoms with van der Waals surface area (Å²) >= 11 is 12.7. The van der Waals surface area contributed by atoms with E-state index in [0.29, 0.717) is 5.92 Å². The molecule has 1 unspecified atom stereocenters. The van der Waals surface area contributed by atoms with Gasteiger partial charge in [-0.15, -0.1) is 0 Å². The number of alkyl halides is 2. The fraction of sp³-hybridized carbons (Fsp3) is 0.560. The van der Waals surface area contributed by atoms with Crippen molar-refractivity contribution in [3.8, 4) is 5.75 Å². The Hall–Kier alpha value is -2.18. The standard InChI is InChI=1S/C25H32Cl2N3O9P/c1-14(2)37-22(33)15(3)29-40(35,39-18-9-5-8-17(12-18)16-6-4-7-16)36-13-19-21(32)25(26,27)23(38-19)30-11-10-20(31)28-24(30)34/h5,8-12,14-16,19,21,23,32H,4,6-7,13H2,1-3H3,(H,29,35)(H,28,31,34)/t15-,19+,21+,23+,40?/m0/s1. The van der Waals surface area contributed by atoms with Crippen LogP contribution < -0.4 is 20.9 Å². The van der Waals surface area contributed by atoms with Gasteiger partial charge in [-0.3, -0.25) is 23.7 Å². The highest BCUT2D eigenvalue weighted by atomic mass is 35.5. The van der Waals surface area contributed by atoms with Crippen LogP contribution in [0.4, 0.5) is 0 Å². The van der Waals surface area contributed by atoms with Crippen LogP contribution in [0.2, 0.25) is 0 Å². The largest absolute Gasteiger partial charge is 0.462 e. The molecule has 2 fully saturated rings. The molecule has 0 amide bonds. The van der Waals surface area contributed by atoms with E-state index in [2.05, 4.69) is 10.1 Å². The van der Waals surface area contributed by atoms with E-state index >= 15 is 0 Å². The number of aromatic amines is 1. The second kappa shape index (κ2) is 12.4. The monoisotopic (exact) mass is 619 g/mol. The number of halogens is 2. The number of carbonyl (C=O) groups excluding carboxylic acids is 1. The lowest BCUT2D eigenvalue weighted by Crippen LogP contribution is -2.41. The van der Waals surface area contributed by atoms with Crippen molar-refractivity contribution < 1.29 is 33.0 Å². The predicted octanol–water partition coefficient (Wildman–Crippen LogP) is 3.37. The average molecular weight is 620 g/mol. The van der Waals surface area contributed by atoms with Crippen LogP contribution in [0, 0.1) is 0 Å². The molecule has 1 aliphatic heterocycles. The predicted molar refractivity (Wildman–Crippen MR) is 147 cm³/mol. The maximum absolute atomic E-state index is 14.0. The lowest BCUT2D eigenvalue weighted by Gasteiger charge is -2.27. The second-order valence-corrected chi connectivity index (χ2v) is 13.2. The van der Waals surface area contributed by atoms with E-state index in [0.717, 1.165) is 41.7 Å². The average Bonchev–Trinajstić information content (AvgIpc) is 3.05. The van der Waals surface area contributed by atoms with Gasteiger partial charge in [0.1, 0.15) is 24.0 Å². The van der Waals surface area contributed by atoms with E-state index in [1.807, 2.05) is 6.07 Å². The zero-order valence-corrected chi connectivity index (χ0v) is 24.5. The number of rotatable bonds is 11. The first kappa shape index (κ1) is 30.8. The molecule has 3 N–H and O–H groups in total. The molecule has 2 aliphatic rings. The Morgan fingerprint density at radius 1 is 1.27 bits per heavy atom. The summed E-state index contributed by atoms with van der Waals surface area (Å²) in [5.41, 5.74) is -0.484. The van der Waals surface area contributed by atoms with Gasteiger partial charge >= 0.3 is 19.4 Å². The Morgan fingerprint density at radius 2 is 2.00 bits per heavy atom. The van der Waals surface area contributed by atoms with Crippen LogP contribution >= 0.6 is 30.9 Å². The van der Waals surface area contributed by atoms with E-state index in [4.69, 9.17) is 41.7 Å². The van der Waals surface area contributed by atoms with Crippen molar-refractivity contribution in [2.75, 3.05) is 6.61 Å². The highest BCUT2D eigenvalue weighted by Gasteiger charge is 2.56. The fourth-order valence-electron chi connectivity index (χ4n) is 4.31. The van der Waals surface area contributed by atoms with Crippen LogP contribution in [-0.4, -0.2) is 55.9 Å². The first-order valence-electron chi connectivity index (χ1n) is 12.8. The Balaban J connectivity index is 1.54. The van der Waals surface area contributed by atoms with E-state index in [1.54, 1.807) is 32.0 Å². The number of aliphatic hydroxyl groups excluding tert-OH is 1. The molecule has 1 saturated carbocycles. The SMILES string of the molecule is CC(C)OC(=O)[C@H](C)NP(=O)(OC[C@H]1O[C@@H](n2ccc(=O)[nH]c2=O)C(Cl)(Cl)[C@@H]1O)Oc1cccc(C2CCC2)c1. The number of ether oxygens (including phenoxy) is 2. The topological polar surface area (TPSA) is 158 Å². The molecule has 2 heterocycles. The van der Waals surface area contributed by atoms with Gasteiger partial charge in [-0.1, -0.05) is 41.8 Å². The highest BCUT2D eigenvalue weighted by Crippen LogP contribution is 2.50. The van der Waals surface area contributed by atoms with Crippen molar-refractivity contribution in [3.63, 3.8) is 0 Å². The maximum Gasteiger partial charge on any atom is 0.459 e. The molecule has 4 rings (SSSR count). The Labute approximate surface area is 240 Å². The van der Waals surface area contributed by atoms with Gasteiger partial charge in [0, 0.05) is 12.3 Å². The van der Waals surface area contributed by atoms with Gasteiger partial charge in [-0.25, -0.2) is 9.36 Å². The number of nitrogens with one attached hydrogen (secondary N) is 2. The first-order chi connectivity index (χ1) is 18.8. The summed E-state index contributed by atoms with van der Waals surface area (Å²) in [7, 11) is -4.31. The minimum Gasteiger partial charge on any atom is -0.462 e. The molecule has 40 heavy (non-hydrogen) atoms. The third kappa shape index (κ3) is 6.99. The zero-order valence-electron chi connectivity index (χ0n) is 22.1. The van der Waals surface area contributed by atoms with Gasteiger partial charge in [0.2, 0.25) is 0 Å². The number of benzene rings is 1. The molecule has 1 saturated heterocycles. The fourth-order valence-corrected chi connectivity index (χ4v) is 6.40. The number of H-pyrrole nitrogens is 1. The number of hydrogen-bond acceptors (Lipinski definition) is 9. The van der Waals surface area contributed by atoms with E-state index < -0.39 is 66.5 Å². The molecule has 2 aromatic rings.